The zero-order valence-corrected chi connectivity index (χ0v) is 13.3. The second-order valence-electron chi connectivity index (χ2n) is 5.71. The molecule has 2 atom stereocenters. The number of carbonyl (C=O) groups is 1. The van der Waals surface area contributed by atoms with Crippen molar-refractivity contribution >= 4 is 23.2 Å². The number of carbonyl (C=O) groups excluding carboxylic acids is 1. The van der Waals surface area contributed by atoms with E-state index in [2.05, 4.69) is 40.2 Å². The topological polar surface area (TPSA) is 51.4 Å². The Kier molecular flexibility index (Phi) is 4.45. The molecule has 1 saturated heterocycles. The van der Waals surface area contributed by atoms with Gasteiger partial charge in [-0.25, -0.2) is 4.98 Å². The molecule has 5 nitrogen and oxygen atoms in total. The molecule has 1 amide bonds. The van der Waals surface area contributed by atoms with Gasteiger partial charge >= 0.3 is 0 Å². The predicted octanol–water partition coefficient (Wildman–Crippen LogP) is 1.43. The van der Waals surface area contributed by atoms with Gasteiger partial charge in [0.05, 0.1) is 17.9 Å². The molecule has 1 fully saturated rings. The first-order valence-electron chi connectivity index (χ1n) is 7.51. The first kappa shape index (κ1) is 15.1. The summed E-state index contributed by atoms with van der Waals surface area (Å²) in [5, 5.41) is 3.18. The van der Waals surface area contributed by atoms with Crippen LogP contribution in [0.3, 0.4) is 0 Å². The summed E-state index contributed by atoms with van der Waals surface area (Å²) in [4.78, 5) is 17.6. The van der Waals surface area contributed by atoms with Gasteiger partial charge in [0, 0.05) is 32.3 Å². The molecular formula is C16H20ClN4O+. The standard InChI is InChI=1S/C16H19ClN4O/c1-20-9-3-6-13(20)14-7-4-10-21(14)11-15(22)19-12-5-2-8-18-16(12)17/h2-3,5-6,8-9,14H,4,7,10-11H2,1H3,(H,19,22)/p+1/t14-/m1/s1. The minimum Gasteiger partial charge on any atom is -0.350 e. The van der Waals surface area contributed by atoms with Crippen LogP contribution in [0.2, 0.25) is 5.15 Å². The number of likely N-dealkylation sites (tertiary alicyclic amines) is 1. The van der Waals surface area contributed by atoms with Crippen LogP contribution in [0.15, 0.2) is 36.7 Å². The van der Waals surface area contributed by atoms with E-state index in [0.717, 1.165) is 19.4 Å². The van der Waals surface area contributed by atoms with Crippen LogP contribution < -0.4 is 10.2 Å². The molecule has 0 aromatic carbocycles. The van der Waals surface area contributed by atoms with E-state index in [0.29, 0.717) is 23.4 Å². The second-order valence-corrected chi connectivity index (χ2v) is 6.07. The van der Waals surface area contributed by atoms with E-state index in [1.807, 2.05) is 0 Å². The van der Waals surface area contributed by atoms with Gasteiger partial charge in [-0.3, -0.25) is 4.79 Å². The first-order chi connectivity index (χ1) is 10.6. The Morgan fingerprint density at radius 3 is 3.09 bits per heavy atom. The molecular weight excluding hydrogens is 300 g/mol. The Morgan fingerprint density at radius 1 is 1.50 bits per heavy atom. The summed E-state index contributed by atoms with van der Waals surface area (Å²) in [5.74, 6) is -0.0222. The Labute approximate surface area is 134 Å². The average molecular weight is 320 g/mol. The highest BCUT2D eigenvalue weighted by Crippen LogP contribution is 2.19. The molecule has 2 aromatic heterocycles. The normalized spacial score (nSPS) is 21.0. The molecule has 116 valence electrons. The smallest absolute Gasteiger partial charge is 0.279 e. The summed E-state index contributed by atoms with van der Waals surface area (Å²) in [6, 6.07) is 8.11. The number of rotatable bonds is 4. The number of hydrogen-bond acceptors (Lipinski definition) is 2. The van der Waals surface area contributed by atoms with Crippen LogP contribution in [0, 0.1) is 0 Å². The molecule has 2 N–H and O–H groups in total. The third-order valence-corrected chi connectivity index (χ3v) is 4.55. The molecule has 0 saturated carbocycles. The van der Waals surface area contributed by atoms with Gasteiger partial charge in [-0.05, 0) is 24.3 Å². The highest BCUT2D eigenvalue weighted by Gasteiger charge is 2.33. The molecule has 0 spiro atoms. The Hall–Kier alpha value is -1.85. The van der Waals surface area contributed by atoms with Crippen LogP contribution in [-0.2, 0) is 11.8 Å². The maximum atomic E-state index is 12.3. The Morgan fingerprint density at radius 2 is 2.36 bits per heavy atom. The van der Waals surface area contributed by atoms with Crippen molar-refractivity contribution in [1.29, 1.82) is 0 Å². The quantitative estimate of drug-likeness (QED) is 0.838. The summed E-state index contributed by atoms with van der Waals surface area (Å²) in [6.45, 7) is 1.46. The number of pyridine rings is 1. The lowest BCUT2D eigenvalue weighted by molar-refractivity contribution is -0.910. The molecule has 0 aliphatic carbocycles. The molecule has 1 unspecified atom stereocenters. The van der Waals surface area contributed by atoms with Gasteiger partial charge in [-0.15, -0.1) is 0 Å². The number of aryl methyl sites for hydroxylation is 1. The van der Waals surface area contributed by atoms with Crippen molar-refractivity contribution in [3.63, 3.8) is 0 Å². The maximum Gasteiger partial charge on any atom is 0.279 e. The van der Waals surface area contributed by atoms with Gasteiger partial charge in [0.2, 0.25) is 0 Å². The van der Waals surface area contributed by atoms with Crippen molar-refractivity contribution in [3.8, 4) is 0 Å². The van der Waals surface area contributed by atoms with E-state index < -0.39 is 0 Å². The molecule has 3 rings (SSSR count). The van der Waals surface area contributed by atoms with Gasteiger partial charge in [-0.2, -0.15) is 0 Å². The highest BCUT2D eigenvalue weighted by atomic mass is 35.5. The van der Waals surface area contributed by atoms with Gasteiger partial charge in [0.25, 0.3) is 5.91 Å². The van der Waals surface area contributed by atoms with Crippen LogP contribution in [0.1, 0.15) is 24.6 Å². The zero-order chi connectivity index (χ0) is 15.5. The number of aromatic nitrogens is 2. The molecule has 1 aliphatic rings. The fourth-order valence-electron chi connectivity index (χ4n) is 3.20. The number of nitrogens with one attached hydrogen (secondary N) is 2. The summed E-state index contributed by atoms with van der Waals surface area (Å²) >= 11 is 5.98. The maximum absolute atomic E-state index is 12.3. The van der Waals surface area contributed by atoms with E-state index in [-0.39, 0.29) is 5.91 Å². The van der Waals surface area contributed by atoms with Crippen molar-refractivity contribution in [3.05, 3.63) is 47.5 Å². The van der Waals surface area contributed by atoms with E-state index in [4.69, 9.17) is 11.6 Å². The Balaban J connectivity index is 1.66. The van der Waals surface area contributed by atoms with E-state index in [1.165, 1.54) is 10.6 Å². The number of amides is 1. The third-order valence-electron chi connectivity index (χ3n) is 4.25. The lowest BCUT2D eigenvalue weighted by Gasteiger charge is -2.21. The van der Waals surface area contributed by atoms with Crippen LogP contribution in [0.5, 0.6) is 0 Å². The van der Waals surface area contributed by atoms with Gasteiger partial charge in [0.15, 0.2) is 11.7 Å². The second kappa shape index (κ2) is 6.50. The highest BCUT2D eigenvalue weighted by molar-refractivity contribution is 6.32. The predicted molar refractivity (Wildman–Crippen MR) is 86.0 cm³/mol. The van der Waals surface area contributed by atoms with Gasteiger partial charge < -0.3 is 14.8 Å². The van der Waals surface area contributed by atoms with Crippen LogP contribution in [0.25, 0.3) is 0 Å². The minimum absolute atomic E-state index is 0.0222. The summed E-state index contributed by atoms with van der Waals surface area (Å²) in [7, 11) is 2.06. The summed E-state index contributed by atoms with van der Waals surface area (Å²) in [5.41, 5.74) is 1.86. The largest absolute Gasteiger partial charge is 0.350 e. The van der Waals surface area contributed by atoms with Gasteiger partial charge in [0.1, 0.15) is 6.04 Å². The van der Waals surface area contributed by atoms with Crippen LogP contribution >= 0.6 is 11.6 Å². The summed E-state index contributed by atoms with van der Waals surface area (Å²) in [6.07, 6.45) is 5.93. The van der Waals surface area contributed by atoms with E-state index in [1.54, 1.807) is 18.3 Å². The van der Waals surface area contributed by atoms with Crippen molar-refractivity contribution in [2.45, 2.75) is 18.9 Å². The van der Waals surface area contributed by atoms with Gasteiger partial charge in [-0.1, -0.05) is 11.6 Å². The third kappa shape index (κ3) is 3.15. The molecule has 1 aliphatic heterocycles. The number of halogens is 1. The fourth-order valence-corrected chi connectivity index (χ4v) is 3.36. The number of anilines is 1. The number of nitrogens with zero attached hydrogens (tertiary/aromatic N) is 2. The molecule has 3 heterocycles. The monoisotopic (exact) mass is 319 g/mol. The lowest BCUT2D eigenvalue weighted by Crippen LogP contribution is -3.11. The molecule has 6 heteroatoms. The fraction of sp³-hybridized carbons (Fsp3) is 0.375. The minimum atomic E-state index is -0.0222. The SMILES string of the molecule is Cn1cccc1[C@H]1CCC[NH+]1CC(=O)Nc1cccnc1Cl. The van der Waals surface area contributed by atoms with Crippen LogP contribution in [0.4, 0.5) is 5.69 Å². The molecule has 2 aromatic rings. The lowest BCUT2D eigenvalue weighted by atomic mass is 10.1. The summed E-state index contributed by atoms with van der Waals surface area (Å²) < 4.78 is 2.14. The van der Waals surface area contributed by atoms with E-state index in [9.17, 15) is 4.79 Å². The number of hydrogen-bond donors (Lipinski definition) is 2. The van der Waals surface area contributed by atoms with Crippen molar-refractivity contribution in [2.75, 3.05) is 18.4 Å². The molecule has 22 heavy (non-hydrogen) atoms. The number of quaternary nitrogens is 1. The molecule has 0 bridgehead atoms. The van der Waals surface area contributed by atoms with Crippen molar-refractivity contribution < 1.29 is 9.69 Å². The van der Waals surface area contributed by atoms with Crippen molar-refractivity contribution in [1.82, 2.24) is 9.55 Å². The van der Waals surface area contributed by atoms with Crippen LogP contribution in [-0.4, -0.2) is 28.5 Å². The average Bonchev–Trinajstić information content (AvgIpc) is 3.10. The van der Waals surface area contributed by atoms with E-state index >= 15 is 0 Å². The van der Waals surface area contributed by atoms with Crippen molar-refractivity contribution in [2.24, 2.45) is 7.05 Å². The zero-order valence-electron chi connectivity index (χ0n) is 12.6. The first-order valence-corrected chi connectivity index (χ1v) is 7.89. The molecule has 0 radical (unpaired) electrons. The Bertz CT molecular complexity index is 670.